The molecule has 2 nitrogen and oxygen atoms in total. The molecule has 0 bridgehead atoms. The van der Waals surface area contributed by atoms with Crippen LogP contribution in [0.5, 0.6) is 0 Å². The molecule has 0 radical (unpaired) electrons. The zero-order valence-corrected chi connectivity index (χ0v) is 13.9. The lowest BCUT2D eigenvalue weighted by atomic mass is 9.97. The van der Waals surface area contributed by atoms with Crippen molar-refractivity contribution in [3.63, 3.8) is 0 Å². The molecule has 1 aromatic heterocycles. The predicted molar refractivity (Wildman–Crippen MR) is 90.2 cm³/mol. The van der Waals surface area contributed by atoms with E-state index >= 15 is 0 Å². The van der Waals surface area contributed by atoms with E-state index in [9.17, 15) is 0 Å². The van der Waals surface area contributed by atoms with Crippen molar-refractivity contribution < 1.29 is 0 Å². The monoisotopic (exact) mass is 322 g/mol. The lowest BCUT2D eigenvalue weighted by Crippen LogP contribution is -2.25. The molecule has 0 saturated heterocycles. The highest BCUT2D eigenvalue weighted by atomic mass is 35.5. The maximum absolute atomic E-state index is 6.11. The third kappa shape index (κ3) is 4.44. The summed E-state index contributed by atoms with van der Waals surface area (Å²) in [6.07, 6.45) is 3.79. The molecule has 0 aliphatic carbocycles. The van der Waals surface area contributed by atoms with Gasteiger partial charge in [0.15, 0.2) is 0 Å². The van der Waals surface area contributed by atoms with Crippen LogP contribution in [0.4, 0.5) is 0 Å². The molecule has 0 amide bonds. The number of benzene rings is 1. The molecule has 0 aliphatic rings. The average molecular weight is 323 g/mol. The van der Waals surface area contributed by atoms with Crippen LogP contribution in [-0.2, 0) is 6.42 Å². The largest absolute Gasteiger partial charge is 0.310 e. The number of hydrogen-bond acceptors (Lipinski definition) is 2. The van der Waals surface area contributed by atoms with Crippen LogP contribution in [0.2, 0.25) is 10.0 Å². The maximum atomic E-state index is 6.11. The number of nitrogens with zero attached hydrogens (tertiary/aromatic N) is 1. The van der Waals surface area contributed by atoms with Crippen LogP contribution >= 0.6 is 23.2 Å². The van der Waals surface area contributed by atoms with Crippen LogP contribution in [0, 0.1) is 6.92 Å². The molecule has 0 fully saturated rings. The van der Waals surface area contributed by atoms with Gasteiger partial charge in [0.25, 0.3) is 0 Å². The Morgan fingerprint density at radius 2 is 2.00 bits per heavy atom. The predicted octanol–water partition coefficient (Wildman–Crippen LogP) is 4.98. The quantitative estimate of drug-likeness (QED) is 0.811. The average Bonchev–Trinajstić information content (AvgIpc) is 2.48. The summed E-state index contributed by atoms with van der Waals surface area (Å²) < 4.78 is 0. The Kier molecular flexibility index (Phi) is 6.04. The van der Waals surface area contributed by atoms with Crippen LogP contribution in [0.25, 0.3) is 0 Å². The van der Waals surface area contributed by atoms with Crippen LogP contribution < -0.4 is 5.32 Å². The second-order valence-corrected chi connectivity index (χ2v) is 5.95. The molecule has 1 heterocycles. The van der Waals surface area contributed by atoms with Crippen LogP contribution in [0.1, 0.15) is 36.2 Å². The van der Waals surface area contributed by atoms with Crippen LogP contribution in [0.3, 0.4) is 0 Å². The minimum Gasteiger partial charge on any atom is -0.310 e. The lowest BCUT2D eigenvalue weighted by Gasteiger charge is -2.20. The first-order chi connectivity index (χ1) is 10.1. The maximum Gasteiger partial charge on any atom is 0.0595 e. The fraction of sp³-hybridized carbons (Fsp3) is 0.353. The molecule has 1 atom stereocenters. The van der Waals surface area contributed by atoms with Gasteiger partial charge in [0.2, 0.25) is 0 Å². The van der Waals surface area contributed by atoms with E-state index in [1.807, 2.05) is 37.4 Å². The number of halogens is 2. The molecule has 4 heteroatoms. The van der Waals surface area contributed by atoms with Crippen molar-refractivity contribution in [2.45, 2.75) is 32.7 Å². The summed E-state index contributed by atoms with van der Waals surface area (Å²) in [6, 6.07) is 10.2. The van der Waals surface area contributed by atoms with Gasteiger partial charge in [0, 0.05) is 17.9 Å². The van der Waals surface area contributed by atoms with E-state index in [0.717, 1.165) is 25.1 Å². The summed E-state index contributed by atoms with van der Waals surface area (Å²) in [4.78, 5) is 4.39. The summed E-state index contributed by atoms with van der Waals surface area (Å²) in [5.41, 5.74) is 3.46. The minimum atomic E-state index is 0.232. The Labute approximate surface area is 136 Å². The Morgan fingerprint density at radius 3 is 2.67 bits per heavy atom. The van der Waals surface area contributed by atoms with Crippen LogP contribution in [0.15, 0.2) is 36.5 Å². The fourth-order valence-electron chi connectivity index (χ4n) is 2.38. The van der Waals surface area contributed by atoms with Crippen molar-refractivity contribution in [2.24, 2.45) is 0 Å². The number of pyridine rings is 1. The highest BCUT2D eigenvalue weighted by Crippen LogP contribution is 2.26. The van der Waals surface area contributed by atoms with Crippen molar-refractivity contribution in [3.05, 3.63) is 63.4 Å². The Bertz CT molecular complexity index is 599. The van der Waals surface area contributed by atoms with Crippen LogP contribution in [-0.4, -0.2) is 11.5 Å². The summed E-state index contributed by atoms with van der Waals surface area (Å²) in [7, 11) is 0. The zero-order valence-electron chi connectivity index (χ0n) is 12.4. The SMILES string of the molecule is CCCNC(Cc1ccc(Cl)c(Cl)c1)c1cccnc1C. The van der Waals surface area contributed by atoms with Crippen molar-refractivity contribution in [2.75, 3.05) is 6.54 Å². The molecule has 2 rings (SSSR count). The number of nitrogens with one attached hydrogen (secondary N) is 1. The highest BCUT2D eigenvalue weighted by molar-refractivity contribution is 6.42. The van der Waals surface area contributed by atoms with Gasteiger partial charge in [0.05, 0.1) is 10.0 Å². The Balaban J connectivity index is 2.24. The van der Waals surface area contributed by atoms with E-state index in [2.05, 4.69) is 23.3 Å². The van der Waals surface area contributed by atoms with Crippen molar-refractivity contribution in [1.29, 1.82) is 0 Å². The zero-order chi connectivity index (χ0) is 15.2. The van der Waals surface area contributed by atoms with Crippen molar-refractivity contribution in [1.82, 2.24) is 10.3 Å². The van der Waals surface area contributed by atoms with Gasteiger partial charge in [-0.25, -0.2) is 0 Å². The van der Waals surface area contributed by atoms with Gasteiger partial charge >= 0.3 is 0 Å². The molecule has 112 valence electrons. The van der Waals surface area contributed by atoms with E-state index in [-0.39, 0.29) is 6.04 Å². The Hall–Kier alpha value is -1.09. The molecular weight excluding hydrogens is 303 g/mol. The first-order valence-electron chi connectivity index (χ1n) is 7.20. The van der Waals surface area contributed by atoms with Gasteiger partial charge in [-0.05, 0) is 55.6 Å². The number of aromatic nitrogens is 1. The highest BCUT2D eigenvalue weighted by Gasteiger charge is 2.14. The molecular formula is C17H20Cl2N2. The van der Waals surface area contributed by atoms with Gasteiger partial charge in [-0.1, -0.05) is 42.3 Å². The number of hydrogen-bond donors (Lipinski definition) is 1. The number of aryl methyl sites for hydroxylation is 1. The summed E-state index contributed by atoms with van der Waals surface area (Å²) in [5, 5.41) is 4.79. The molecule has 1 unspecified atom stereocenters. The third-order valence-electron chi connectivity index (χ3n) is 3.49. The summed E-state index contributed by atoms with van der Waals surface area (Å²) in [5.74, 6) is 0. The van der Waals surface area contributed by atoms with Gasteiger partial charge in [-0.2, -0.15) is 0 Å². The number of rotatable bonds is 6. The first-order valence-corrected chi connectivity index (χ1v) is 7.96. The first kappa shape index (κ1) is 16.3. The summed E-state index contributed by atoms with van der Waals surface area (Å²) >= 11 is 12.1. The lowest BCUT2D eigenvalue weighted by molar-refractivity contribution is 0.525. The standard InChI is InChI=1S/C17H20Cl2N2/c1-3-8-21-17(14-5-4-9-20-12(14)2)11-13-6-7-15(18)16(19)10-13/h4-7,9-10,17,21H,3,8,11H2,1-2H3. The molecule has 1 N–H and O–H groups in total. The van der Waals surface area contributed by atoms with E-state index in [1.54, 1.807) is 0 Å². The molecule has 0 saturated carbocycles. The van der Waals surface area contributed by atoms with E-state index < -0.39 is 0 Å². The van der Waals surface area contributed by atoms with Gasteiger partial charge in [0.1, 0.15) is 0 Å². The topological polar surface area (TPSA) is 24.9 Å². The smallest absolute Gasteiger partial charge is 0.0595 e. The molecule has 21 heavy (non-hydrogen) atoms. The second kappa shape index (κ2) is 7.79. The molecule has 0 aliphatic heterocycles. The van der Waals surface area contributed by atoms with Crippen molar-refractivity contribution in [3.8, 4) is 0 Å². The normalized spacial score (nSPS) is 12.4. The van der Waals surface area contributed by atoms with Gasteiger partial charge in [-0.3, -0.25) is 4.98 Å². The minimum absolute atomic E-state index is 0.232. The molecule has 2 aromatic rings. The Morgan fingerprint density at radius 1 is 1.19 bits per heavy atom. The molecule has 0 spiro atoms. The fourth-order valence-corrected chi connectivity index (χ4v) is 2.70. The summed E-state index contributed by atoms with van der Waals surface area (Å²) in [6.45, 7) is 5.18. The van der Waals surface area contributed by atoms with E-state index in [0.29, 0.717) is 10.0 Å². The van der Waals surface area contributed by atoms with Gasteiger partial charge in [-0.15, -0.1) is 0 Å². The van der Waals surface area contributed by atoms with Gasteiger partial charge < -0.3 is 5.32 Å². The second-order valence-electron chi connectivity index (χ2n) is 5.14. The van der Waals surface area contributed by atoms with E-state index in [1.165, 1.54) is 11.1 Å². The third-order valence-corrected chi connectivity index (χ3v) is 4.23. The van der Waals surface area contributed by atoms with Crippen molar-refractivity contribution >= 4 is 23.2 Å². The van der Waals surface area contributed by atoms with E-state index in [4.69, 9.17) is 23.2 Å². The molecule has 1 aromatic carbocycles.